The summed E-state index contributed by atoms with van der Waals surface area (Å²) in [6, 6.07) is 4.73. The molecule has 0 aromatic heterocycles. The van der Waals surface area contributed by atoms with Gasteiger partial charge in [0.1, 0.15) is 0 Å². The molecule has 7 heteroatoms. The average Bonchev–Trinajstić information content (AvgIpc) is 2.38. The van der Waals surface area contributed by atoms with Crippen molar-refractivity contribution in [3.8, 4) is 0 Å². The number of nitrogens with two attached hydrogens (primary N) is 1. The van der Waals surface area contributed by atoms with E-state index in [9.17, 15) is 9.59 Å². The van der Waals surface area contributed by atoms with Crippen molar-refractivity contribution in [3.05, 3.63) is 28.8 Å². The molecule has 106 valence electrons. The Morgan fingerprint density at radius 2 is 2.05 bits per heavy atom. The smallest absolute Gasteiger partial charge is 0.252 e. The number of anilines is 1. The molecule has 0 spiro atoms. The number of carbonyl (C=O) groups excluding carboxylic acids is 2. The van der Waals surface area contributed by atoms with Gasteiger partial charge in [0.15, 0.2) is 0 Å². The van der Waals surface area contributed by atoms with Gasteiger partial charge in [-0.2, -0.15) is 0 Å². The van der Waals surface area contributed by atoms with Gasteiger partial charge in [-0.15, -0.1) is 12.4 Å². The van der Waals surface area contributed by atoms with Crippen LogP contribution in [0.5, 0.6) is 0 Å². The summed E-state index contributed by atoms with van der Waals surface area (Å²) in [5.41, 5.74) is 6.24. The zero-order chi connectivity index (χ0) is 13.7. The van der Waals surface area contributed by atoms with E-state index in [4.69, 9.17) is 17.3 Å². The van der Waals surface area contributed by atoms with Gasteiger partial charge in [-0.25, -0.2) is 0 Å². The summed E-state index contributed by atoms with van der Waals surface area (Å²) in [6.45, 7) is 1.99. The number of benzene rings is 1. The van der Waals surface area contributed by atoms with E-state index in [1.807, 2.05) is 0 Å². The van der Waals surface area contributed by atoms with E-state index in [0.29, 0.717) is 16.3 Å². The van der Waals surface area contributed by atoms with Gasteiger partial charge < -0.3 is 16.4 Å². The van der Waals surface area contributed by atoms with Gasteiger partial charge in [0.05, 0.1) is 10.6 Å². The molecule has 0 aliphatic carbocycles. The van der Waals surface area contributed by atoms with E-state index in [1.54, 1.807) is 19.1 Å². The molecule has 1 atom stereocenters. The first kappa shape index (κ1) is 17.7. The Morgan fingerprint density at radius 3 is 2.58 bits per heavy atom. The third-order valence-electron chi connectivity index (χ3n) is 2.51. The topological polar surface area (TPSA) is 84.2 Å². The van der Waals surface area contributed by atoms with Crippen LogP contribution in [0.3, 0.4) is 0 Å². The summed E-state index contributed by atoms with van der Waals surface area (Å²) in [5.74, 6) is -0.783. The highest BCUT2D eigenvalue weighted by Crippen LogP contribution is 2.20. The molecule has 0 heterocycles. The summed E-state index contributed by atoms with van der Waals surface area (Å²) in [5, 5.41) is 5.49. The molecular formula is C12H17Cl2N3O2. The lowest BCUT2D eigenvalue weighted by molar-refractivity contribution is -0.119. The van der Waals surface area contributed by atoms with Crippen molar-refractivity contribution in [2.75, 3.05) is 18.9 Å². The quantitative estimate of drug-likeness (QED) is 0.791. The number of rotatable bonds is 4. The Labute approximate surface area is 123 Å². The van der Waals surface area contributed by atoms with Crippen LogP contribution in [0, 0.1) is 5.92 Å². The van der Waals surface area contributed by atoms with E-state index in [0.717, 1.165) is 0 Å². The molecule has 2 amide bonds. The highest BCUT2D eigenvalue weighted by atomic mass is 35.5. The minimum absolute atomic E-state index is 0. The Balaban J connectivity index is 0.00000324. The molecule has 1 aromatic carbocycles. The lowest BCUT2D eigenvalue weighted by Crippen LogP contribution is -2.27. The molecule has 0 aliphatic heterocycles. The van der Waals surface area contributed by atoms with E-state index < -0.39 is 0 Å². The van der Waals surface area contributed by atoms with Crippen molar-refractivity contribution in [2.45, 2.75) is 6.92 Å². The largest absolute Gasteiger partial charge is 0.355 e. The van der Waals surface area contributed by atoms with Gasteiger partial charge in [0.25, 0.3) is 5.91 Å². The maximum atomic E-state index is 11.7. The fraction of sp³-hybridized carbons (Fsp3) is 0.333. The number of nitrogens with one attached hydrogen (secondary N) is 2. The second kappa shape index (κ2) is 7.99. The third-order valence-corrected chi connectivity index (χ3v) is 2.84. The van der Waals surface area contributed by atoms with Crippen LogP contribution >= 0.6 is 24.0 Å². The van der Waals surface area contributed by atoms with Crippen molar-refractivity contribution in [2.24, 2.45) is 11.7 Å². The zero-order valence-electron chi connectivity index (χ0n) is 10.7. The van der Waals surface area contributed by atoms with Gasteiger partial charge in [0.2, 0.25) is 5.91 Å². The van der Waals surface area contributed by atoms with Crippen LogP contribution in [0.15, 0.2) is 18.2 Å². The van der Waals surface area contributed by atoms with Crippen LogP contribution in [0.1, 0.15) is 17.3 Å². The molecule has 0 saturated carbocycles. The lowest BCUT2D eigenvalue weighted by Gasteiger charge is -2.11. The van der Waals surface area contributed by atoms with Crippen LogP contribution in [-0.4, -0.2) is 25.4 Å². The van der Waals surface area contributed by atoms with Crippen molar-refractivity contribution >= 4 is 41.5 Å². The summed E-state index contributed by atoms with van der Waals surface area (Å²) in [6.07, 6.45) is 0. The van der Waals surface area contributed by atoms with E-state index >= 15 is 0 Å². The molecule has 0 bridgehead atoms. The highest BCUT2D eigenvalue weighted by molar-refractivity contribution is 6.34. The standard InChI is InChI=1S/C12H16ClN3O2.ClH/c1-7(6-14)11(17)16-8-3-4-10(13)9(5-8)12(18)15-2;/h3-5,7H,6,14H2,1-2H3,(H,15,18)(H,16,17);1H. The van der Waals surface area contributed by atoms with Gasteiger partial charge in [0, 0.05) is 25.2 Å². The SMILES string of the molecule is CNC(=O)c1cc(NC(=O)C(C)CN)ccc1Cl.Cl. The van der Waals surface area contributed by atoms with Crippen LogP contribution in [0.4, 0.5) is 5.69 Å². The van der Waals surface area contributed by atoms with Crippen molar-refractivity contribution < 1.29 is 9.59 Å². The fourth-order valence-electron chi connectivity index (χ4n) is 1.28. The zero-order valence-corrected chi connectivity index (χ0v) is 12.3. The normalized spacial score (nSPS) is 11.2. The van der Waals surface area contributed by atoms with Gasteiger partial charge in [-0.1, -0.05) is 18.5 Å². The number of hydrogen-bond acceptors (Lipinski definition) is 3. The number of carbonyl (C=O) groups is 2. The molecular weight excluding hydrogens is 289 g/mol. The van der Waals surface area contributed by atoms with Gasteiger partial charge in [-0.05, 0) is 18.2 Å². The highest BCUT2D eigenvalue weighted by Gasteiger charge is 2.13. The molecule has 1 rings (SSSR count). The molecule has 19 heavy (non-hydrogen) atoms. The predicted molar refractivity (Wildman–Crippen MR) is 78.9 cm³/mol. The molecule has 0 radical (unpaired) electrons. The van der Waals surface area contributed by atoms with Crippen molar-refractivity contribution in [1.29, 1.82) is 0 Å². The maximum absolute atomic E-state index is 11.7. The second-order valence-corrected chi connectivity index (χ2v) is 4.31. The van der Waals surface area contributed by atoms with Gasteiger partial charge >= 0.3 is 0 Å². The minimum Gasteiger partial charge on any atom is -0.355 e. The Hall–Kier alpha value is -1.30. The van der Waals surface area contributed by atoms with Crippen molar-refractivity contribution in [1.82, 2.24) is 5.32 Å². The van der Waals surface area contributed by atoms with E-state index in [1.165, 1.54) is 13.1 Å². The van der Waals surface area contributed by atoms with Crippen molar-refractivity contribution in [3.63, 3.8) is 0 Å². The van der Waals surface area contributed by atoms with Crippen LogP contribution < -0.4 is 16.4 Å². The van der Waals surface area contributed by atoms with E-state index in [-0.39, 0.29) is 36.7 Å². The Bertz CT molecular complexity index is 466. The first-order valence-electron chi connectivity index (χ1n) is 5.52. The molecule has 0 saturated heterocycles. The van der Waals surface area contributed by atoms with Gasteiger partial charge in [-0.3, -0.25) is 9.59 Å². The fourth-order valence-corrected chi connectivity index (χ4v) is 1.49. The molecule has 1 aromatic rings. The van der Waals surface area contributed by atoms with Crippen LogP contribution in [-0.2, 0) is 4.79 Å². The summed E-state index contributed by atoms with van der Waals surface area (Å²) < 4.78 is 0. The monoisotopic (exact) mass is 305 g/mol. The summed E-state index contributed by atoms with van der Waals surface area (Å²) in [4.78, 5) is 23.2. The molecule has 1 unspecified atom stereocenters. The van der Waals surface area contributed by atoms with Crippen LogP contribution in [0.2, 0.25) is 5.02 Å². The molecule has 4 N–H and O–H groups in total. The Kier molecular flexibility index (Phi) is 7.44. The third kappa shape index (κ3) is 4.70. The average molecular weight is 306 g/mol. The number of hydrogen-bond donors (Lipinski definition) is 3. The number of amides is 2. The number of halogens is 2. The lowest BCUT2D eigenvalue weighted by atomic mass is 10.1. The molecule has 0 aliphatic rings. The molecule has 0 fully saturated rings. The summed E-state index contributed by atoms with van der Waals surface area (Å²) in [7, 11) is 1.51. The summed E-state index contributed by atoms with van der Waals surface area (Å²) >= 11 is 5.90. The van der Waals surface area contributed by atoms with Crippen LogP contribution in [0.25, 0.3) is 0 Å². The predicted octanol–water partition coefficient (Wildman–Crippen LogP) is 1.65. The first-order chi connectivity index (χ1) is 8.49. The molecule has 5 nitrogen and oxygen atoms in total. The Morgan fingerprint density at radius 1 is 1.42 bits per heavy atom. The minimum atomic E-state index is -0.303. The maximum Gasteiger partial charge on any atom is 0.252 e. The second-order valence-electron chi connectivity index (χ2n) is 3.90. The van der Waals surface area contributed by atoms with E-state index in [2.05, 4.69) is 10.6 Å². The first-order valence-corrected chi connectivity index (χ1v) is 5.90.